The number of thioether (sulfide) groups is 1. The Balaban J connectivity index is 1.95. The number of methoxy groups -OCH3 is 1. The predicted octanol–water partition coefficient (Wildman–Crippen LogP) is 2.64. The zero-order chi connectivity index (χ0) is 19.7. The number of nitrogens with zero attached hydrogens (tertiary/aromatic N) is 1. The summed E-state index contributed by atoms with van der Waals surface area (Å²) in [4.78, 5) is 16.7. The van der Waals surface area contributed by atoms with Gasteiger partial charge in [-0.2, -0.15) is 0 Å². The average Bonchev–Trinajstić information content (AvgIpc) is 3.06. The van der Waals surface area contributed by atoms with Crippen LogP contribution in [0.25, 0.3) is 0 Å². The van der Waals surface area contributed by atoms with Crippen molar-refractivity contribution in [3.8, 4) is 11.5 Å². The summed E-state index contributed by atoms with van der Waals surface area (Å²) in [5, 5.41) is 11.0. The maximum absolute atomic E-state index is 12.2. The minimum Gasteiger partial charge on any atom is -0.507 e. The number of aromatic hydroxyl groups is 1. The highest BCUT2D eigenvalue weighted by Gasteiger charge is 2.40. The molecule has 150 valence electrons. The second-order valence-electron chi connectivity index (χ2n) is 6.25. The minimum atomic E-state index is -0.920. The van der Waals surface area contributed by atoms with Gasteiger partial charge in [0, 0.05) is 24.5 Å². The highest BCUT2D eigenvalue weighted by molar-refractivity contribution is 8.14. The van der Waals surface area contributed by atoms with Crippen LogP contribution in [0, 0.1) is 0 Å². The fourth-order valence-electron chi connectivity index (χ4n) is 2.34. The number of benzene rings is 1. The summed E-state index contributed by atoms with van der Waals surface area (Å²) in [6.45, 7) is 5.95. The maximum Gasteiger partial charge on any atom is 0.334 e. The second-order valence-corrected chi connectivity index (χ2v) is 7.21. The monoisotopic (exact) mass is 397 g/mol. The van der Waals surface area contributed by atoms with Crippen LogP contribution in [0.3, 0.4) is 0 Å². The zero-order valence-corrected chi connectivity index (χ0v) is 16.8. The summed E-state index contributed by atoms with van der Waals surface area (Å²) in [5.41, 5.74) is -0.341. The third-order valence-electron chi connectivity index (χ3n) is 3.84. The molecule has 1 aromatic carbocycles. The van der Waals surface area contributed by atoms with E-state index in [1.807, 2.05) is 6.92 Å². The Hall–Kier alpha value is -1.77. The van der Waals surface area contributed by atoms with E-state index >= 15 is 0 Å². The van der Waals surface area contributed by atoms with Gasteiger partial charge in [-0.05, 0) is 25.5 Å². The first kappa shape index (κ1) is 21.5. The lowest BCUT2D eigenvalue weighted by atomic mass is 10.1. The van der Waals surface area contributed by atoms with Gasteiger partial charge in [0.15, 0.2) is 5.54 Å². The number of esters is 1. The molecule has 2 rings (SSSR count). The van der Waals surface area contributed by atoms with Gasteiger partial charge in [-0.25, -0.2) is 4.79 Å². The number of hydrogen-bond acceptors (Lipinski definition) is 8. The van der Waals surface area contributed by atoms with Crippen molar-refractivity contribution >= 4 is 22.8 Å². The molecule has 0 radical (unpaired) electrons. The highest BCUT2D eigenvalue weighted by Crippen LogP contribution is 2.36. The molecule has 0 fully saturated rings. The van der Waals surface area contributed by atoms with Gasteiger partial charge >= 0.3 is 5.97 Å². The number of phenolic OH excluding ortho intramolecular Hbond substituents is 1. The molecule has 27 heavy (non-hydrogen) atoms. The van der Waals surface area contributed by atoms with Gasteiger partial charge < -0.3 is 24.1 Å². The van der Waals surface area contributed by atoms with Crippen LogP contribution in [0.5, 0.6) is 11.5 Å². The summed E-state index contributed by atoms with van der Waals surface area (Å²) in [6, 6.07) is 5.04. The van der Waals surface area contributed by atoms with E-state index in [0.29, 0.717) is 55.1 Å². The molecule has 0 aliphatic carbocycles. The smallest absolute Gasteiger partial charge is 0.334 e. The molecule has 0 aromatic heterocycles. The van der Waals surface area contributed by atoms with Crippen molar-refractivity contribution < 1.29 is 28.8 Å². The molecule has 0 saturated carbocycles. The van der Waals surface area contributed by atoms with E-state index in [1.54, 1.807) is 32.2 Å². The van der Waals surface area contributed by atoms with Gasteiger partial charge in [-0.3, -0.25) is 4.99 Å². The molecule has 1 N–H and O–H groups in total. The molecule has 0 bridgehead atoms. The number of carbonyl (C=O) groups excluding carboxylic acids is 1. The summed E-state index contributed by atoms with van der Waals surface area (Å²) in [5.74, 6) is 0.756. The van der Waals surface area contributed by atoms with E-state index in [1.165, 1.54) is 11.8 Å². The Kier molecular flexibility index (Phi) is 8.40. The van der Waals surface area contributed by atoms with E-state index < -0.39 is 5.54 Å². The number of hydrogen-bond donors (Lipinski definition) is 1. The fraction of sp³-hybridized carbons (Fsp3) is 0.579. The number of rotatable bonds is 11. The Morgan fingerprint density at radius 1 is 1.26 bits per heavy atom. The lowest BCUT2D eigenvalue weighted by Gasteiger charge is -2.17. The molecule has 0 unspecified atom stereocenters. The summed E-state index contributed by atoms with van der Waals surface area (Å²) >= 11 is 1.43. The molecule has 0 spiro atoms. The van der Waals surface area contributed by atoms with Gasteiger partial charge in [-0.1, -0.05) is 6.92 Å². The fourth-order valence-corrected chi connectivity index (χ4v) is 3.53. The van der Waals surface area contributed by atoms with Gasteiger partial charge in [0.05, 0.1) is 26.4 Å². The summed E-state index contributed by atoms with van der Waals surface area (Å²) in [7, 11) is 1.62. The maximum atomic E-state index is 12.2. The standard InChI is InChI=1S/C19H27NO6S/c1-4-7-26-18(22)19(2)13-27-17(20-19)15-6-5-14(12-16(15)21)25-11-10-24-9-8-23-3/h5-6,12,21H,4,7-11,13H2,1-3H3/t19-/m1/s1. The van der Waals surface area contributed by atoms with Gasteiger partial charge in [0.25, 0.3) is 0 Å². The van der Waals surface area contributed by atoms with Crippen molar-refractivity contribution in [1.82, 2.24) is 0 Å². The van der Waals surface area contributed by atoms with Crippen molar-refractivity contribution in [2.45, 2.75) is 25.8 Å². The molecule has 7 nitrogen and oxygen atoms in total. The molecular formula is C19H27NO6S. The van der Waals surface area contributed by atoms with Crippen molar-refractivity contribution in [3.05, 3.63) is 23.8 Å². The number of aliphatic imine (C=N–C) groups is 1. The quantitative estimate of drug-likeness (QED) is 0.454. The van der Waals surface area contributed by atoms with Crippen molar-refractivity contribution in [2.75, 3.05) is 45.9 Å². The Morgan fingerprint density at radius 3 is 2.74 bits per heavy atom. The molecule has 1 heterocycles. The summed E-state index contributed by atoms with van der Waals surface area (Å²) in [6.07, 6.45) is 0.769. The molecular weight excluding hydrogens is 370 g/mol. The first-order valence-corrected chi connectivity index (χ1v) is 9.91. The zero-order valence-electron chi connectivity index (χ0n) is 16.0. The predicted molar refractivity (Wildman–Crippen MR) is 105 cm³/mol. The van der Waals surface area contributed by atoms with Crippen LogP contribution in [-0.2, 0) is 19.0 Å². The van der Waals surface area contributed by atoms with E-state index in [-0.39, 0.29) is 11.7 Å². The lowest BCUT2D eigenvalue weighted by molar-refractivity contribution is -0.148. The van der Waals surface area contributed by atoms with E-state index in [2.05, 4.69) is 4.99 Å². The molecule has 0 saturated heterocycles. The summed E-state index contributed by atoms with van der Waals surface area (Å²) < 4.78 is 21.0. The minimum absolute atomic E-state index is 0.0604. The topological polar surface area (TPSA) is 86.6 Å². The van der Waals surface area contributed by atoms with E-state index in [0.717, 1.165) is 6.42 Å². The van der Waals surface area contributed by atoms with Crippen LogP contribution in [0.1, 0.15) is 25.8 Å². The Morgan fingerprint density at radius 2 is 2.04 bits per heavy atom. The van der Waals surface area contributed by atoms with Crippen molar-refractivity contribution in [3.63, 3.8) is 0 Å². The Labute approximate surface area is 164 Å². The number of carbonyl (C=O) groups is 1. The molecule has 1 aliphatic rings. The van der Waals surface area contributed by atoms with Gasteiger partial charge in [0.2, 0.25) is 0 Å². The van der Waals surface area contributed by atoms with Crippen LogP contribution in [-0.4, -0.2) is 67.6 Å². The van der Waals surface area contributed by atoms with Crippen LogP contribution in [0.2, 0.25) is 0 Å². The van der Waals surface area contributed by atoms with Crippen LogP contribution < -0.4 is 4.74 Å². The SMILES string of the molecule is CCCOC(=O)[C@@]1(C)CSC(c2ccc(OCCOCCOC)cc2O)=N1. The van der Waals surface area contributed by atoms with Crippen molar-refractivity contribution in [2.24, 2.45) is 4.99 Å². The van der Waals surface area contributed by atoms with Crippen molar-refractivity contribution in [1.29, 1.82) is 0 Å². The number of ether oxygens (including phenoxy) is 4. The molecule has 1 aliphatic heterocycles. The third-order valence-corrected chi connectivity index (χ3v) is 5.13. The first-order valence-electron chi connectivity index (χ1n) is 8.93. The normalized spacial score (nSPS) is 19.0. The third kappa shape index (κ3) is 6.12. The van der Waals surface area contributed by atoms with Gasteiger partial charge in [-0.15, -0.1) is 11.8 Å². The molecule has 8 heteroatoms. The van der Waals surface area contributed by atoms with Crippen LogP contribution in [0.4, 0.5) is 0 Å². The highest BCUT2D eigenvalue weighted by atomic mass is 32.2. The molecule has 0 amide bonds. The van der Waals surface area contributed by atoms with Gasteiger partial charge in [0.1, 0.15) is 23.1 Å². The lowest BCUT2D eigenvalue weighted by Crippen LogP contribution is -2.35. The average molecular weight is 397 g/mol. The molecule has 1 atom stereocenters. The van der Waals surface area contributed by atoms with E-state index in [4.69, 9.17) is 18.9 Å². The van der Waals surface area contributed by atoms with Crippen LogP contribution >= 0.6 is 11.8 Å². The second kappa shape index (κ2) is 10.5. The van der Waals surface area contributed by atoms with Crippen LogP contribution in [0.15, 0.2) is 23.2 Å². The first-order chi connectivity index (χ1) is 13.0. The number of phenols is 1. The Bertz CT molecular complexity index is 666. The van der Waals surface area contributed by atoms with E-state index in [9.17, 15) is 9.90 Å². The molecule has 1 aromatic rings. The largest absolute Gasteiger partial charge is 0.507 e.